The van der Waals surface area contributed by atoms with Crippen molar-refractivity contribution in [3.05, 3.63) is 52.9 Å². The molecule has 1 aromatic carbocycles. The molecule has 27 heavy (non-hydrogen) atoms. The fourth-order valence-corrected chi connectivity index (χ4v) is 3.44. The summed E-state index contributed by atoms with van der Waals surface area (Å²) in [6, 6.07) is 12.2. The molecule has 0 bridgehead atoms. The van der Waals surface area contributed by atoms with Gasteiger partial charge in [-0.1, -0.05) is 15.9 Å². The van der Waals surface area contributed by atoms with Crippen LogP contribution in [0.1, 0.15) is 26.0 Å². The van der Waals surface area contributed by atoms with Crippen LogP contribution in [0.15, 0.2) is 56.5 Å². The van der Waals surface area contributed by atoms with Gasteiger partial charge in [-0.25, -0.2) is 4.99 Å². The second-order valence-electron chi connectivity index (χ2n) is 7.00. The normalized spacial score (nSPS) is 19.8. The van der Waals surface area contributed by atoms with Gasteiger partial charge >= 0.3 is 0 Å². The summed E-state index contributed by atoms with van der Waals surface area (Å²) < 4.78 is 6.41. The lowest BCUT2D eigenvalue weighted by Crippen LogP contribution is -2.45. The molecule has 2 unspecified atom stereocenters. The van der Waals surface area contributed by atoms with Crippen molar-refractivity contribution >= 4 is 27.6 Å². The summed E-state index contributed by atoms with van der Waals surface area (Å²) in [7, 11) is 0. The van der Waals surface area contributed by atoms with Crippen LogP contribution in [0.5, 0.6) is 0 Å². The Hall–Kier alpha value is -1.99. The van der Waals surface area contributed by atoms with Gasteiger partial charge in [0.15, 0.2) is 5.96 Å². The number of nitrogens with one attached hydrogen (secondary N) is 2. The molecule has 0 saturated carbocycles. The van der Waals surface area contributed by atoms with E-state index in [9.17, 15) is 5.11 Å². The number of hydrogen-bond acceptors (Lipinski definition) is 4. The van der Waals surface area contributed by atoms with E-state index >= 15 is 0 Å². The minimum atomic E-state index is -1.13. The van der Waals surface area contributed by atoms with E-state index in [-0.39, 0.29) is 6.54 Å². The summed E-state index contributed by atoms with van der Waals surface area (Å²) in [5.74, 6) is 1.23. The number of rotatable bonds is 6. The quantitative estimate of drug-likeness (QED) is 0.481. The van der Waals surface area contributed by atoms with E-state index in [4.69, 9.17) is 4.42 Å². The van der Waals surface area contributed by atoms with Crippen molar-refractivity contribution < 1.29 is 9.52 Å². The number of aliphatic imine (C=N–C) groups is 1. The first-order valence-corrected chi connectivity index (χ1v) is 10.1. The number of furan rings is 1. The Balaban J connectivity index is 1.60. The first kappa shape index (κ1) is 19.8. The average Bonchev–Trinajstić information content (AvgIpc) is 3.33. The van der Waals surface area contributed by atoms with Crippen LogP contribution in [0.3, 0.4) is 0 Å². The molecule has 1 fully saturated rings. The molecule has 2 aromatic rings. The maximum Gasteiger partial charge on any atom is 0.191 e. The third-order valence-corrected chi connectivity index (χ3v) is 5.19. The molecule has 3 rings (SSSR count). The number of anilines is 1. The van der Waals surface area contributed by atoms with Crippen LogP contribution in [0, 0.1) is 0 Å². The molecule has 2 atom stereocenters. The summed E-state index contributed by atoms with van der Waals surface area (Å²) >= 11 is 3.48. The van der Waals surface area contributed by atoms with E-state index in [2.05, 4.69) is 60.7 Å². The predicted octanol–water partition coefficient (Wildman–Crippen LogP) is 3.08. The number of nitrogens with zero attached hydrogens (tertiary/aromatic N) is 2. The smallest absolute Gasteiger partial charge is 0.191 e. The summed E-state index contributed by atoms with van der Waals surface area (Å²) in [4.78, 5) is 6.94. The molecule has 3 N–H and O–H groups in total. The maximum atomic E-state index is 10.6. The summed E-state index contributed by atoms with van der Waals surface area (Å²) in [5.41, 5.74) is 0.0931. The van der Waals surface area contributed by atoms with Gasteiger partial charge in [0.05, 0.1) is 12.8 Å². The molecule has 1 aromatic heterocycles. The number of guanidine groups is 1. The molecule has 0 spiro atoms. The van der Waals surface area contributed by atoms with E-state index in [0.717, 1.165) is 30.5 Å². The molecule has 0 amide bonds. The van der Waals surface area contributed by atoms with Crippen molar-refractivity contribution in [2.45, 2.75) is 31.9 Å². The highest BCUT2D eigenvalue weighted by molar-refractivity contribution is 9.10. The van der Waals surface area contributed by atoms with Gasteiger partial charge in [0.1, 0.15) is 11.4 Å². The zero-order valence-electron chi connectivity index (χ0n) is 15.8. The zero-order valence-corrected chi connectivity index (χ0v) is 17.4. The zero-order chi connectivity index (χ0) is 19.3. The van der Waals surface area contributed by atoms with Gasteiger partial charge < -0.3 is 25.1 Å². The Labute approximate surface area is 168 Å². The first-order valence-electron chi connectivity index (χ1n) is 9.29. The van der Waals surface area contributed by atoms with Crippen LogP contribution >= 0.6 is 15.9 Å². The van der Waals surface area contributed by atoms with Crippen molar-refractivity contribution in [1.82, 2.24) is 10.6 Å². The Morgan fingerprint density at radius 1 is 1.37 bits per heavy atom. The SMILES string of the molecule is CCNC(=NCC(C)(O)c1ccco1)NC1CCN(c2ccc(Br)cc2)C1. The fraction of sp³-hybridized carbons (Fsp3) is 0.450. The van der Waals surface area contributed by atoms with Crippen LogP contribution in [-0.4, -0.2) is 43.3 Å². The van der Waals surface area contributed by atoms with Gasteiger partial charge in [-0.05, 0) is 56.7 Å². The molecule has 1 saturated heterocycles. The molecule has 0 radical (unpaired) electrons. The Morgan fingerprint density at radius 3 is 2.81 bits per heavy atom. The average molecular weight is 435 g/mol. The third kappa shape index (κ3) is 5.26. The highest BCUT2D eigenvalue weighted by atomic mass is 79.9. The van der Waals surface area contributed by atoms with Gasteiger partial charge in [-0.3, -0.25) is 0 Å². The lowest BCUT2D eigenvalue weighted by Gasteiger charge is -2.22. The van der Waals surface area contributed by atoms with E-state index < -0.39 is 5.60 Å². The number of hydrogen-bond donors (Lipinski definition) is 3. The lowest BCUT2D eigenvalue weighted by molar-refractivity contribution is 0.0437. The fourth-order valence-electron chi connectivity index (χ4n) is 3.17. The van der Waals surface area contributed by atoms with Gasteiger partial charge in [-0.2, -0.15) is 0 Å². The van der Waals surface area contributed by atoms with Crippen LogP contribution in [0.2, 0.25) is 0 Å². The van der Waals surface area contributed by atoms with E-state index in [1.165, 1.54) is 5.69 Å². The largest absolute Gasteiger partial charge is 0.466 e. The number of aliphatic hydroxyl groups is 1. The molecule has 1 aliphatic rings. The van der Waals surface area contributed by atoms with Crippen molar-refractivity contribution in [2.24, 2.45) is 4.99 Å². The van der Waals surface area contributed by atoms with Crippen LogP contribution < -0.4 is 15.5 Å². The predicted molar refractivity (Wildman–Crippen MR) is 112 cm³/mol. The number of benzene rings is 1. The molecule has 0 aliphatic carbocycles. The molecule has 7 heteroatoms. The third-order valence-electron chi connectivity index (χ3n) is 4.66. The highest BCUT2D eigenvalue weighted by Crippen LogP contribution is 2.23. The molecule has 146 valence electrons. The Kier molecular flexibility index (Phi) is 6.44. The summed E-state index contributed by atoms with van der Waals surface area (Å²) in [5, 5.41) is 17.4. The summed E-state index contributed by atoms with van der Waals surface area (Å²) in [6.45, 7) is 6.65. The monoisotopic (exact) mass is 434 g/mol. The van der Waals surface area contributed by atoms with Crippen LogP contribution in [-0.2, 0) is 5.60 Å². The van der Waals surface area contributed by atoms with E-state index in [1.807, 2.05) is 6.92 Å². The minimum Gasteiger partial charge on any atom is -0.466 e. The standard InChI is InChI=1S/C20H27BrN4O2/c1-3-22-19(23-14-20(2,26)18-5-4-12-27-18)24-16-10-11-25(13-16)17-8-6-15(21)7-9-17/h4-9,12,16,26H,3,10-11,13-14H2,1-2H3,(H2,22,23,24). The van der Waals surface area contributed by atoms with E-state index in [1.54, 1.807) is 25.3 Å². The van der Waals surface area contributed by atoms with Crippen molar-refractivity contribution in [1.29, 1.82) is 0 Å². The number of halogens is 1. The highest BCUT2D eigenvalue weighted by Gasteiger charge is 2.27. The summed E-state index contributed by atoms with van der Waals surface area (Å²) in [6.07, 6.45) is 2.60. The van der Waals surface area contributed by atoms with Crippen molar-refractivity contribution in [3.8, 4) is 0 Å². The van der Waals surface area contributed by atoms with Crippen LogP contribution in [0.4, 0.5) is 5.69 Å². The molecule has 6 nitrogen and oxygen atoms in total. The molecule has 1 aliphatic heterocycles. The van der Waals surface area contributed by atoms with Crippen molar-refractivity contribution in [3.63, 3.8) is 0 Å². The first-order chi connectivity index (χ1) is 13.0. The van der Waals surface area contributed by atoms with Crippen molar-refractivity contribution in [2.75, 3.05) is 31.1 Å². The second kappa shape index (κ2) is 8.80. The van der Waals surface area contributed by atoms with Gasteiger partial charge in [-0.15, -0.1) is 0 Å². The Morgan fingerprint density at radius 2 is 2.15 bits per heavy atom. The molecule has 2 heterocycles. The second-order valence-corrected chi connectivity index (χ2v) is 7.91. The lowest BCUT2D eigenvalue weighted by atomic mass is 10.0. The Bertz CT molecular complexity index is 744. The van der Waals surface area contributed by atoms with Gasteiger partial charge in [0.25, 0.3) is 0 Å². The molecular weight excluding hydrogens is 408 g/mol. The maximum absolute atomic E-state index is 10.6. The topological polar surface area (TPSA) is 73.0 Å². The molecular formula is C20H27BrN4O2. The van der Waals surface area contributed by atoms with Gasteiger partial charge in [0, 0.05) is 35.8 Å². The minimum absolute atomic E-state index is 0.221. The van der Waals surface area contributed by atoms with Gasteiger partial charge in [0.2, 0.25) is 0 Å². The van der Waals surface area contributed by atoms with Crippen LogP contribution in [0.25, 0.3) is 0 Å². The van der Waals surface area contributed by atoms with E-state index in [0.29, 0.717) is 17.8 Å².